The van der Waals surface area contributed by atoms with Crippen molar-refractivity contribution in [2.75, 3.05) is 33.4 Å². The van der Waals surface area contributed by atoms with E-state index in [2.05, 4.69) is 0 Å². The second kappa shape index (κ2) is 5.34. The molecule has 1 aliphatic rings. The Kier molecular flexibility index (Phi) is 4.38. The van der Waals surface area contributed by atoms with Gasteiger partial charge in [-0.05, 0) is 6.42 Å². The van der Waals surface area contributed by atoms with E-state index in [1.165, 1.54) is 0 Å². The Morgan fingerprint density at radius 3 is 2.47 bits per heavy atom. The quantitative estimate of drug-likeness (QED) is 0.709. The molecule has 0 aromatic heterocycles. The normalized spacial score (nSPS) is 21.7. The van der Waals surface area contributed by atoms with Crippen LogP contribution in [0.1, 0.15) is 6.42 Å². The van der Waals surface area contributed by atoms with Crippen molar-refractivity contribution in [3.05, 3.63) is 0 Å². The van der Waals surface area contributed by atoms with Crippen LogP contribution in [0.5, 0.6) is 0 Å². The van der Waals surface area contributed by atoms with Crippen LogP contribution in [-0.4, -0.2) is 39.3 Å². The van der Waals surface area contributed by atoms with Crippen molar-refractivity contribution in [2.24, 2.45) is 11.3 Å². The number of carbonyl (C=O) groups is 1. The number of carbonyl (C=O) groups excluding carboxylic acids is 1. The van der Waals surface area contributed by atoms with Gasteiger partial charge < -0.3 is 10.1 Å². The highest BCUT2D eigenvalue weighted by atomic mass is 19.1. The maximum atomic E-state index is 12.9. The van der Waals surface area contributed by atoms with Crippen LogP contribution in [-0.2, 0) is 9.53 Å². The molecule has 0 spiro atoms. The highest BCUT2D eigenvalue weighted by Gasteiger charge is 2.47. The maximum absolute atomic E-state index is 12.9. The van der Waals surface area contributed by atoms with Crippen LogP contribution in [0.2, 0.25) is 0 Å². The van der Waals surface area contributed by atoms with E-state index >= 15 is 0 Å². The molecule has 1 saturated heterocycles. The van der Waals surface area contributed by atoms with Gasteiger partial charge in [0.15, 0.2) is 6.80 Å². The van der Waals surface area contributed by atoms with Crippen molar-refractivity contribution in [3.8, 4) is 0 Å². The number of amides is 1. The van der Waals surface area contributed by atoms with Gasteiger partial charge in [-0.2, -0.15) is 0 Å². The van der Waals surface area contributed by atoms with Gasteiger partial charge in [0.1, 0.15) is 18.8 Å². The summed E-state index contributed by atoms with van der Waals surface area (Å²) in [4.78, 5) is 11.4. The highest BCUT2D eigenvalue weighted by molar-refractivity contribution is 5.83. The minimum atomic E-state index is -1.78. The Balaban J connectivity index is 2.79. The fourth-order valence-electron chi connectivity index (χ4n) is 1.77. The topological polar surface area (TPSA) is 38.3 Å². The fourth-order valence-corrected chi connectivity index (χ4v) is 1.77. The zero-order valence-corrected chi connectivity index (χ0v) is 8.27. The summed E-state index contributed by atoms with van der Waals surface area (Å²) in [6.07, 6.45) is 0.424. The van der Waals surface area contributed by atoms with Crippen molar-refractivity contribution in [2.45, 2.75) is 6.42 Å². The van der Waals surface area contributed by atoms with Gasteiger partial charge in [-0.3, -0.25) is 4.79 Å². The van der Waals surface area contributed by atoms with Gasteiger partial charge in [0.25, 0.3) is 0 Å². The predicted molar refractivity (Wildman–Crippen MR) is 47.4 cm³/mol. The van der Waals surface area contributed by atoms with E-state index in [1.807, 2.05) is 5.32 Å². The third-order valence-corrected chi connectivity index (χ3v) is 2.87. The Bertz CT molecular complexity index is 215. The van der Waals surface area contributed by atoms with E-state index < -0.39 is 37.4 Å². The average molecular weight is 225 g/mol. The number of halogens is 3. The first-order valence-electron chi connectivity index (χ1n) is 4.75. The Morgan fingerprint density at radius 2 is 2.07 bits per heavy atom. The summed E-state index contributed by atoms with van der Waals surface area (Å²) < 4.78 is 42.6. The SMILES string of the molecule is O=C(NCF)C(CF)(CF)C1CCOC1. The average Bonchev–Trinajstić information content (AvgIpc) is 2.75. The monoisotopic (exact) mass is 225 g/mol. The largest absolute Gasteiger partial charge is 0.381 e. The van der Waals surface area contributed by atoms with Gasteiger partial charge in [-0.15, -0.1) is 0 Å². The molecule has 1 aliphatic heterocycles. The van der Waals surface area contributed by atoms with Crippen molar-refractivity contribution in [3.63, 3.8) is 0 Å². The zero-order valence-electron chi connectivity index (χ0n) is 8.27. The summed E-state index contributed by atoms with van der Waals surface area (Å²) in [5.74, 6) is -1.43. The van der Waals surface area contributed by atoms with E-state index in [-0.39, 0.29) is 6.61 Å². The number of hydrogen-bond donors (Lipinski definition) is 1. The van der Waals surface area contributed by atoms with E-state index in [4.69, 9.17) is 4.74 Å². The van der Waals surface area contributed by atoms with E-state index in [0.29, 0.717) is 13.0 Å². The van der Waals surface area contributed by atoms with Gasteiger partial charge >= 0.3 is 0 Å². The summed E-state index contributed by atoms with van der Waals surface area (Å²) in [5, 5.41) is 1.82. The zero-order chi connectivity index (χ0) is 11.3. The summed E-state index contributed by atoms with van der Waals surface area (Å²) in [6, 6.07) is 0. The molecule has 6 heteroatoms. The molecule has 15 heavy (non-hydrogen) atoms. The van der Waals surface area contributed by atoms with E-state index in [0.717, 1.165) is 0 Å². The van der Waals surface area contributed by atoms with Gasteiger partial charge in [-0.25, -0.2) is 13.2 Å². The van der Waals surface area contributed by atoms with Crippen LogP contribution < -0.4 is 5.32 Å². The summed E-state index contributed by atoms with van der Waals surface area (Å²) in [7, 11) is 0. The lowest BCUT2D eigenvalue weighted by molar-refractivity contribution is -0.137. The standard InChI is InChI=1S/C9H14F3NO2/c10-4-9(5-11,8(14)13-6-12)7-1-2-15-3-7/h7H,1-6H2,(H,13,14). The highest BCUT2D eigenvalue weighted by Crippen LogP contribution is 2.35. The molecule has 0 aromatic carbocycles. The van der Waals surface area contributed by atoms with Crippen LogP contribution in [0.3, 0.4) is 0 Å². The molecule has 1 heterocycles. The molecule has 1 N–H and O–H groups in total. The Morgan fingerprint density at radius 1 is 1.40 bits per heavy atom. The molecule has 0 bridgehead atoms. The lowest BCUT2D eigenvalue weighted by Crippen LogP contribution is -2.49. The van der Waals surface area contributed by atoms with Gasteiger partial charge in [0.05, 0.1) is 6.61 Å². The van der Waals surface area contributed by atoms with Crippen LogP contribution in [0.15, 0.2) is 0 Å². The number of rotatable bonds is 5. The number of nitrogens with one attached hydrogen (secondary N) is 1. The minimum absolute atomic E-state index is 0.146. The first-order chi connectivity index (χ1) is 7.21. The fraction of sp³-hybridized carbons (Fsp3) is 0.889. The lowest BCUT2D eigenvalue weighted by atomic mass is 9.76. The van der Waals surface area contributed by atoms with Gasteiger partial charge in [0.2, 0.25) is 5.91 Å². The first kappa shape index (κ1) is 12.3. The molecule has 1 fully saturated rings. The van der Waals surface area contributed by atoms with Crippen molar-refractivity contribution in [1.82, 2.24) is 5.32 Å². The molecule has 0 radical (unpaired) electrons. The van der Waals surface area contributed by atoms with E-state index in [9.17, 15) is 18.0 Å². The third-order valence-electron chi connectivity index (χ3n) is 2.87. The second-order valence-electron chi connectivity index (χ2n) is 3.62. The van der Waals surface area contributed by atoms with E-state index in [1.54, 1.807) is 0 Å². The molecule has 1 amide bonds. The third kappa shape index (κ3) is 2.25. The molecule has 0 saturated carbocycles. The molecule has 0 aliphatic carbocycles. The predicted octanol–water partition coefficient (Wildman–Crippen LogP) is 0.992. The molecule has 1 atom stereocenters. The van der Waals surface area contributed by atoms with Gasteiger partial charge in [-0.1, -0.05) is 0 Å². The van der Waals surface area contributed by atoms with Crippen LogP contribution >= 0.6 is 0 Å². The first-order valence-corrected chi connectivity index (χ1v) is 4.75. The Labute approximate surface area is 86.0 Å². The maximum Gasteiger partial charge on any atom is 0.233 e. The summed E-state index contributed by atoms with van der Waals surface area (Å²) in [5.41, 5.74) is -1.78. The number of alkyl halides is 3. The van der Waals surface area contributed by atoms with Crippen molar-refractivity contribution in [1.29, 1.82) is 0 Å². The number of hydrogen-bond acceptors (Lipinski definition) is 2. The molecule has 3 nitrogen and oxygen atoms in total. The Hall–Kier alpha value is -0.780. The summed E-state index contributed by atoms with van der Waals surface area (Å²) >= 11 is 0. The van der Waals surface area contributed by atoms with Gasteiger partial charge in [0, 0.05) is 12.5 Å². The molecule has 1 unspecified atom stereocenters. The summed E-state index contributed by atoms with van der Waals surface area (Å²) in [6.45, 7) is -2.86. The van der Waals surface area contributed by atoms with Crippen molar-refractivity contribution >= 4 is 5.91 Å². The molecule has 88 valence electrons. The number of ether oxygens (including phenoxy) is 1. The lowest BCUT2D eigenvalue weighted by Gasteiger charge is -2.31. The molecular formula is C9H14F3NO2. The smallest absolute Gasteiger partial charge is 0.233 e. The van der Waals surface area contributed by atoms with Crippen LogP contribution in [0.25, 0.3) is 0 Å². The van der Waals surface area contributed by atoms with Crippen LogP contribution in [0.4, 0.5) is 13.2 Å². The minimum Gasteiger partial charge on any atom is -0.381 e. The molecule has 1 rings (SSSR count). The second-order valence-corrected chi connectivity index (χ2v) is 3.62. The molecule has 0 aromatic rings. The van der Waals surface area contributed by atoms with Crippen molar-refractivity contribution < 1.29 is 22.7 Å². The van der Waals surface area contributed by atoms with Crippen LogP contribution in [0, 0.1) is 11.3 Å². The molecular weight excluding hydrogens is 211 g/mol.